The molecule has 7 nitrogen and oxygen atoms in total. The second-order valence-corrected chi connectivity index (χ2v) is 7.68. The van der Waals surface area contributed by atoms with E-state index in [0.717, 1.165) is 36.9 Å². The van der Waals surface area contributed by atoms with E-state index in [4.69, 9.17) is 0 Å². The Hall–Kier alpha value is -2.32. The Morgan fingerprint density at radius 1 is 1.35 bits per heavy atom. The molecule has 1 aliphatic carbocycles. The Labute approximate surface area is 155 Å². The van der Waals surface area contributed by atoms with Crippen molar-refractivity contribution in [3.05, 3.63) is 29.9 Å². The summed E-state index contributed by atoms with van der Waals surface area (Å²) in [6, 6.07) is 3.76. The number of nitrogens with zero attached hydrogens (tertiary/aromatic N) is 2. The van der Waals surface area contributed by atoms with E-state index < -0.39 is 0 Å². The maximum atomic E-state index is 12.5. The molecule has 3 atom stereocenters. The van der Waals surface area contributed by atoms with Crippen LogP contribution < -0.4 is 16.2 Å². The van der Waals surface area contributed by atoms with Crippen LogP contribution >= 0.6 is 11.3 Å². The predicted molar refractivity (Wildman–Crippen MR) is 99.1 cm³/mol. The third kappa shape index (κ3) is 3.61. The number of thiazole rings is 1. The summed E-state index contributed by atoms with van der Waals surface area (Å²) in [7, 11) is 0. The molecule has 1 saturated carbocycles. The number of fused-ring (bicyclic) bond motifs is 1. The fourth-order valence-corrected chi connectivity index (χ4v) is 4.62. The summed E-state index contributed by atoms with van der Waals surface area (Å²) in [5.41, 5.74) is 7.49. The molecule has 1 saturated heterocycles. The van der Waals surface area contributed by atoms with Crippen molar-refractivity contribution in [2.45, 2.75) is 38.1 Å². The first-order chi connectivity index (χ1) is 12.7. The Bertz CT molecular complexity index is 794. The molecule has 2 aliphatic rings. The van der Waals surface area contributed by atoms with Crippen molar-refractivity contribution in [3.8, 4) is 11.3 Å². The number of nitrogens with one attached hydrogen (secondary N) is 3. The number of hydrazine groups is 1. The fraction of sp³-hybridized carbons (Fsp3) is 0.444. The first-order valence-corrected chi connectivity index (χ1v) is 9.80. The van der Waals surface area contributed by atoms with E-state index >= 15 is 0 Å². The van der Waals surface area contributed by atoms with Gasteiger partial charge in [0.25, 0.3) is 0 Å². The van der Waals surface area contributed by atoms with Gasteiger partial charge in [-0.3, -0.25) is 20.0 Å². The average molecular weight is 371 g/mol. The highest BCUT2D eigenvalue weighted by Gasteiger charge is 2.40. The van der Waals surface area contributed by atoms with E-state index in [-0.39, 0.29) is 29.7 Å². The van der Waals surface area contributed by atoms with Crippen LogP contribution in [-0.4, -0.2) is 27.8 Å². The molecule has 2 amide bonds. The zero-order valence-corrected chi connectivity index (χ0v) is 15.1. The topological polar surface area (TPSA) is 96.0 Å². The maximum absolute atomic E-state index is 12.5. The van der Waals surface area contributed by atoms with Crippen molar-refractivity contribution in [2.75, 3.05) is 5.32 Å². The van der Waals surface area contributed by atoms with Gasteiger partial charge in [-0.25, -0.2) is 10.4 Å². The van der Waals surface area contributed by atoms with Crippen LogP contribution in [0.15, 0.2) is 29.9 Å². The fourth-order valence-electron chi connectivity index (χ4n) is 3.88. The van der Waals surface area contributed by atoms with Crippen molar-refractivity contribution in [3.63, 3.8) is 0 Å². The molecule has 0 aromatic carbocycles. The number of amides is 2. The average Bonchev–Trinajstić information content (AvgIpc) is 3.13. The zero-order valence-electron chi connectivity index (χ0n) is 14.3. The highest BCUT2D eigenvalue weighted by Crippen LogP contribution is 2.35. The van der Waals surface area contributed by atoms with Gasteiger partial charge in [-0.05, 0) is 30.9 Å². The molecule has 3 heterocycles. The van der Waals surface area contributed by atoms with Gasteiger partial charge in [-0.2, -0.15) is 0 Å². The molecule has 3 unspecified atom stereocenters. The molecule has 0 radical (unpaired) electrons. The summed E-state index contributed by atoms with van der Waals surface area (Å²) in [5.74, 6) is 0.229. The predicted octanol–water partition coefficient (Wildman–Crippen LogP) is 2.34. The lowest BCUT2D eigenvalue weighted by molar-refractivity contribution is -0.134. The summed E-state index contributed by atoms with van der Waals surface area (Å²) in [5, 5.41) is 5.36. The van der Waals surface area contributed by atoms with Crippen LogP contribution in [0.3, 0.4) is 0 Å². The number of aromatic nitrogens is 2. The highest BCUT2D eigenvalue weighted by molar-refractivity contribution is 7.14. The van der Waals surface area contributed by atoms with Crippen molar-refractivity contribution >= 4 is 28.3 Å². The molecule has 2 aromatic rings. The largest absolute Gasteiger partial charge is 0.302 e. The van der Waals surface area contributed by atoms with E-state index in [2.05, 4.69) is 26.1 Å². The number of hydrogen-bond acceptors (Lipinski definition) is 6. The second kappa shape index (κ2) is 7.51. The minimum atomic E-state index is -0.0879. The van der Waals surface area contributed by atoms with Gasteiger partial charge >= 0.3 is 0 Å². The van der Waals surface area contributed by atoms with E-state index in [9.17, 15) is 9.59 Å². The van der Waals surface area contributed by atoms with Gasteiger partial charge in [-0.1, -0.05) is 12.8 Å². The van der Waals surface area contributed by atoms with Gasteiger partial charge in [0.05, 0.1) is 5.69 Å². The second-order valence-electron chi connectivity index (χ2n) is 6.83. The molecular weight excluding hydrogens is 350 g/mol. The third-order valence-electron chi connectivity index (χ3n) is 5.17. The molecule has 2 fully saturated rings. The lowest BCUT2D eigenvalue weighted by Gasteiger charge is -2.40. The van der Waals surface area contributed by atoms with Crippen molar-refractivity contribution in [1.29, 1.82) is 0 Å². The maximum Gasteiger partial charge on any atom is 0.237 e. The SMILES string of the molecule is O=C(CC1NNC(=O)C2CCCCC12)Nc1nc(-c2cccnc2)cs1. The summed E-state index contributed by atoms with van der Waals surface area (Å²) < 4.78 is 0. The van der Waals surface area contributed by atoms with Gasteiger partial charge < -0.3 is 5.32 Å². The third-order valence-corrected chi connectivity index (χ3v) is 5.92. The standard InChI is InChI=1S/C18H21N5O2S/c24-16(8-14-12-5-1-2-6-13(12)17(25)23-22-14)21-18-20-15(10-26-18)11-4-3-7-19-9-11/h3-4,7,9-10,12-14,22H,1-2,5-6,8H2,(H,23,25)(H,20,21,24). The number of pyridine rings is 1. The van der Waals surface area contributed by atoms with Crippen LogP contribution in [0.5, 0.6) is 0 Å². The smallest absolute Gasteiger partial charge is 0.237 e. The monoisotopic (exact) mass is 371 g/mol. The van der Waals surface area contributed by atoms with Gasteiger partial charge in [0.1, 0.15) is 0 Å². The number of hydrogen-bond donors (Lipinski definition) is 3. The first-order valence-electron chi connectivity index (χ1n) is 8.92. The molecular formula is C18H21N5O2S. The number of carbonyl (C=O) groups excluding carboxylic acids is 2. The number of anilines is 1. The van der Waals surface area contributed by atoms with Crippen molar-refractivity contribution < 1.29 is 9.59 Å². The lowest BCUT2D eigenvalue weighted by Crippen LogP contribution is -2.60. The molecule has 0 bridgehead atoms. The molecule has 2 aromatic heterocycles. The van der Waals surface area contributed by atoms with Gasteiger partial charge in [-0.15, -0.1) is 11.3 Å². The van der Waals surface area contributed by atoms with E-state index in [1.807, 2.05) is 17.5 Å². The summed E-state index contributed by atoms with van der Waals surface area (Å²) in [6.45, 7) is 0. The molecule has 4 rings (SSSR count). The Balaban J connectivity index is 1.38. The Kier molecular flexibility index (Phi) is 4.94. The summed E-state index contributed by atoms with van der Waals surface area (Å²) in [6.07, 6.45) is 7.90. The van der Waals surface area contributed by atoms with E-state index in [0.29, 0.717) is 11.6 Å². The summed E-state index contributed by atoms with van der Waals surface area (Å²) >= 11 is 1.40. The van der Waals surface area contributed by atoms with Gasteiger partial charge in [0, 0.05) is 41.7 Å². The van der Waals surface area contributed by atoms with E-state index in [1.165, 1.54) is 11.3 Å². The molecule has 8 heteroatoms. The zero-order chi connectivity index (χ0) is 17.9. The van der Waals surface area contributed by atoms with Crippen LogP contribution in [0.4, 0.5) is 5.13 Å². The Morgan fingerprint density at radius 2 is 2.23 bits per heavy atom. The van der Waals surface area contributed by atoms with Crippen LogP contribution in [-0.2, 0) is 9.59 Å². The summed E-state index contributed by atoms with van der Waals surface area (Å²) in [4.78, 5) is 33.0. The van der Waals surface area contributed by atoms with Crippen LogP contribution in [0, 0.1) is 11.8 Å². The van der Waals surface area contributed by atoms with Crippen LogP contribution in [0.2, 0.25) is 0 Å². The Morgan fingerprint density at radius 3 is 3.08 bits per heavy atom. The quantitative estimate of drug-likeness (QED) is 0.767. The van der Waals surface area contributed by atoms with Crippen molar-refractivity contribution in [2.24, 2.45) is 11.8 Å². The van der Waals surface area contributed by atoms with Gasteiger partial charge in [0.15, 0.2) is 5.13 Å². The van der Waals surface area contributed by atoms with Gasteiger partial charge in [0.2, 0.25) is 11.8 Å². The first kappa shape index (κ1) is 17.1. The molecule has 3 N–H and O–H groups in total. The van der Waals surface area contributed by atoms with Crippen LogP contribution in [0.25, 0.3) is 11.3 Å². The van der Waals surface area contributed by atoms with Crippen molar-refractivity contribution in [1.82, 2.24) is 20.8 Å². The normalized spacial score (nSPS) is 25.2. The molecule has 1 aliphatic heterocycles. The highest BCUT2D eigenvalue weighted by atomic mass is 32.1. The minimum Gasteiger partial charge on any atom is -0.302 e. The molecule has 0 spiro atoms. The number of carbonyl (C=O) groups is 2. The molecule has 136 valence electrons. The molecule has 26 heavy (non-hydrogen) atoms. The lowest BCUT2D eigenvalue weighted by atomic mass is 9.73. The van der Waals surface area contributed by atoms with Crippen LogP contribution in [0.1, 0.15) is 32.1 Å². The van der Waals surface area contributed by atoms with E-state index in [1.54, 1.807) is 12.4 Å². The minimum absolute atomic E-state index is 0.0276. The number of rotatable bonds is 4.